The van der Waals surface area contributed by atoms with Crippen LogP contribution in [0.1, 0.15) is 57.9 Å². The summed E-state index contributed by atoms with van der Waals surface area (Å²) in [7, 11) is 0. The summed E-state index contributed by atoms with van der Waals surface area (Å²) in [6.07, 6.45) is 5.04. The first-order valence-electron chi connectivity index (χ1n) is 8.14. The van der Waals surface area contributed by atoms with E-state index in [2.05, 4.69) is 66.3 Å². The second-order valence-corrected chi connectivity index (χ2v) is 7.65. The van der Waals surface area contributed by atoms with Crippen LogP contribution in [0.2, 0.25) is 0 Å². The fourth-order valence-corrected chi connectivity index (χ4v) is 3.53. The third-order valence-corrected chi connectivity index (χ3v) is 4.73. The Morgan fingerprint density at radius 2 is 2.24 bits per heavy atom. The van der Waals surface area contributed by atoms with E-state index in [0.717, 1.165) is 24.0 Å². The summed E-state index contributed by atoms with van der Waals surface area (Å²) < 4.78 is 7.36. The van der Waals surface area contributed by atoms with E-state index in [0.29, 0.717) is 12.0 Å². The van der Waals surface area contributed by atoms with Crippen molar-refractivity contribution in [3.8, 4) is 0 Å². The molecule has 2 unspecified atom stereocenters. The van der Waals surface area contributed by atoms with Crippen LogP contribution in [0.5, 0.6) is 0 Å². The molecule has 0 aliphatic carbocycles. The summed E-state index contributed by atoms with van der Waals surface area (Å²) in [6.45, 7) is 8.74. The number of halogens is 1. The molecule has 0 amide bonds. The number of rotatable bonds is 7. The first kappa shape index (κ1) is 17.0. The molecule has 118 valence electrons. The second-order valence-electron chi connectivity index (χ2n) is 6.73. The standard InChI is InChI=1S/C18H28BrNO/c1-4-10-20-13-15(14-6-5-7-16(19)11-14)12-17-8-9-18(2,3)21-17/h5-7,11,15,17,20H,4,8-10,12-13H2,1-3H3. The Morgan fingerprint density at radius 3 is 2.86 bits per heavy atom. The maximum atomic E-state index is 6.20. The van der Waals surface area contributed by atoms with E-state index in [9.17, 15) is 0 Å². The first-order chi connectivity index (χ1) is 10.00. The molecular formula is C18H28BrNO. The van der Waals surface area contributed by atoms with Gasteiger partial charge >= 0.3 is 0 Å². The number of nitrogens with one attached hydrogen (secondary N) is 1. The van der Waals surface area contributed by atoms with Crippen molar-refractivity contribution < 1.29 is 4.74 Å². The van der Waals surface area contributed by atoms with Crippen molar-refractivity contribution in [3.05, 3.63) is 34.3 Å². The lowest BCUT2D eigenvalue weighted by molar-refractivity contribution is -0.0209. The number of hydrogen-bond donors (Lipinski definition) is 1. The topological polar surface area (TPSA) is 21.3 Å². The molecule has 1 saturated heterocycles. The Kier molecular flexibility index (Phi) is 6.27. The lowest BCUT2D eigenvalue weighted by Gasteiger charge is -2.24. The number of ether oxygens (including phenoxy) is 1. The van der Waals surface area contributed by atoms with E-state index in [1.54, 1.807) is 0 Å². The summed E-state index contributed by atoms with van der Waals surface area (Å²) >= 11 is 3.59. The third-order valence-electron chi connectivity index (χ3n) is 4.24. The van der Waals surface area contributed by atoms with Crippen LogP contribution >= 0.6 is 15.9 Å². The van der Waals surface area contributed by atoms with Crippen LogP contribution in [0.4, 0.5) is 0 Å². The van der Waals surface area contributed by atoms with Crippen molar-refractivity contribution in [1.82, 2.24) is 5.32 Å². The van der Waals surface area contributed by atoms with E-state index in [-0.39, 0.29) is 5.60 Å². The van der Waals surface area contributed by atoms with Crippen molar-refractivity contribution in [3.63, 3.8) is 0 Å². The average molecular weight is 354 g/mol. The van der Waals surface area contributed by atoms with Crippen LogP contribution < -0.4 is 5.32 Å². The van der Waals surface area contributed by atoms with Gasteiger partial charge in [-0.25, -0.2) is 0 Å². The van der Waals surface area contributed by atoms with E-state index in [4.69, 9.17) is 4.74 Å². The number of hydrogen-bond acceptors (Lipinski definition) is 2. The van der Waals surface area contributed by atoms with Gasteiger partial charge in [-0.1, -0.05) is 35.0 Å². The number of benzene rings is 1. The Morgan fingerprint density at radius 1 is 1.43 bits per heavy atom. The molecule has 1 aromatic carbocycles. The third kappa shape index (κ3) is 5.39. The van der Waals surface area contributed by atoms with E-state index in [1.807, 2.05) is 0 Å². The van der Waals surface area contributed by atoms with Gasteiger partial charge in [0.1, 0.15) is 0 Å². The highest BCUT2D eigenvalue weighted by Gasteiger charge is 2.33. The van der Waals surface area contributed by atoms with Crippen molar-refractivity contribution in [2.24, 2.45) is 0 Å². The Balaban J connectivity index is 2.02. The van der Waals surface area contributed by atoms with E-state index < -0.39 is 0 Å². The van der Waals surface area contributed by atoms with Gasteiger partial charge in [0.05, 0.1) is 11.7 Å². The predicted molar refractivity (Wildman–Crippen MR) is 92.8 cm³/mol. The molecule has 1 aromatic rings. The molecule has 0 aromatic heterocycles. The minimum atomic E-state index is 0.0589. The predicted octanol–water partition coefficient (Wildman–Crippen LogP) is 4.88. The second kappa shape index (κ2) is 7.75. The Hall–Kier alpha value is -0.380. The zero-order chi connectivity index (χ0) is 15.3. The molecule has 21 heavy (non-hydrogen) atoms. The van der Waals surface area contributed by atoms with Crippen LogP contribution in [-0.2, 0) is 4.74 Å². The fourth-order valence-electron chi connectivity index (χ4n) is 3.11. The summed E-state index contributed by atoms with van der Waals surface area (Å²) in [6, 6.07) is 8.71. The van der Waals surface area contributed by atoms with Crippen LogP contribution in [0.3, 0.4) is 0 Å². The van der Waals surface area contributed by atoms with Gasteiger partial charge in [0.2, 0.25) is 0 Å². The molecule has 1 aliphatic heterocycles. The highest BCUT2D eigenvalue weighted by atomic mass is 79.9. The van der Waals surface area contributed by atoms with Crippen LogP contribution in [0.25, 0.3) is 0 Å². The summed E-state index contributed by atoms with van der Waals surface area (Å²) in [5.74, 6) is 0.521. The van der Waals surface area contributed by atoms with Gasteiger partial charge < -0.3 is 10.1 Å². The lowest BCUT2D eigenvalue weighted by Crippen LogP contribution is -2.26. The normalized spacial score (nSPS) is 22.4. The Bertz CT molecular complexity index is 447. The quantitative estimate of drug-likeness (QED) is 0.705. The summed E-state index contributed by atoms with van der Waals surface area (Å²) in [5, 5.41) is 3.58. The summed E-state index contributed by atoms with van der Waals surface area (Å²) in [4.78, 5) is 0. The maximum absolute atomic E-state index is 6.20. The van der Waals surface area contributed by atoms with Gasteiger partial charge in [0.15, 0.2) is 0 Å². The molecule has 3 heteroatoms. The van der Waals surface area contributed by atoms with Crippen LogP contribution in [0, 0.1) is 0 Å². The van der Waals surface area contributed by atoms with Crippen LogP contribution in [-0.4, -0.2) is 24.8 Å². The molecule has 1 N–H and O–H groups in total. The lowest BCUT2D eigenvalue weighted by atomic mass is 9.92. The molecule has 0 radical (unpaired) electrons. The van der Waals surface area contributed by atoms with Crippen LogP contribution in [0.15, 0.2) is 28.7 Å². The fraction of sp³-hybridized carbons (Fsp3) is 0.667. The summed E-state index contributed by atoms with van der Waals surface area (Å²) in [5.41, 5.74) is 1.46. The molecular weight excluding hydrogens is 326 g/mol. The smallest absolute Gasteiger partial charge is 0.0631 e. The van der Waals surface area contributed by atoms with Gasteiger partial charge in [-0.05, 0) is 69.7 Å². The molecule has 0 spiro atoms. The van der Waals surface area contributed by atoms with Gasteiger partial charge in [0, 0.05) is 11.0 Å². The average Bonchev–Trinajstić information content (AvgIpc) is 2.77. The van der Waals surface area contributed by atoms with E-state index in [1.165, 1.54) is 24.8 Å². The van der Waals surface area contributed by atoms with Gasteiger partial charge in [-0.3, -0.25) is 0 Å². The largest absolute Gasteiger partial charge is 0.372 e. The van der Waals surface area contributed by atoms with Crippen molar-refractivity contribution >= 4 is 15.9 Å². The maximum Gasteiger partial charge on any atom is 0.0631 e. The molecule has 2 nitrogen and oxygen atoms in total. The SMILES string of the molecule is CCCNCC(CC1CCC(C)(C)O1)c1cccc(Br)c1. The van der Waals surface area contributed by atoms with Gasteiger partial charge in [-0.15, -0.1) is 0 Å². The highest BCUT2D eigenvalue weighted by molar-refractivity contribution is 9.10. The molecule has 1 heterocycles. The molecule has 1 aliphatic rings. The zero-order valence-corrected chi connectivity index (χ0v) is 15.1. The van der Waals surface area contributed by atoms with Crippen molar-refractivity contribution in [1.29, 1.82) is 0 Å². The highest BCUT2D eigenvalue weighted by Crippen LogP contribution is 2.35. The van der Waals surface area contributed by atoms with Crippen molar-refractivity contribution in [2.75, 3.05) is 13.1 Å². The van der Waals surface area contributed by atoms with Gasteiger partial charge in [0.25, 0.3) is 0 Å². The van der Waals surface area contributed by atoms with Gasteiger partial charge in [-0.2, -0.15) is 0 Å². The molecule has 0 bridgehead atoms. The van der Waals surface area contributed by atoms with Crippen molar-refractivity contribution in [2.45, 2.75) is 64.1 Å². The molecule has 2 atom stereocenters. The molecule has 0 saturated carbocycles. The Labute approximate surface area is 137 Å². The minimum Gasteiger partial charge on any atom is -0.372 e. The minimum absolute atomic E-state index is 0.0589. The molecule has 1 fully saturated rings. The molecule has 2 rings (SSSR count). The van der Waals surface area contributed by atoms with E-state index >= 15 is 0 Å². The first-order valence-corrected chi connectivity index (χ1v) is 8.93. The monoisotopic (exact) mass is 353 g/mol. The zero-order valence-electron chi connectivity index (χ0n) is 13.5.